The number of aryl methyl sites for hydroxylation is 3. The van der Waals surface area contributed by atoms with Gasteiger partial charge in [-0.15, -0.1) is 0 Å². The maximum Gasteiger partial charge on any atom is 0.269 e. The third kappa shape index (κ3) is 4.92. The van der Waals surface area contributed by atoms with E-state index < -0.39 is 14.9 Å². The van der Waals surface area contributed by atoms with Crippen molar-refractivity contribution in [2.75, 3.05) is 31.1 Å². The van der Waals surface area contributed by atoms with Gasteiger partial charge in [-0.25, -0.2) is 18.4 Å². The van der Waals surface area contributed by atoms with Crippen LogP contribution in [-0.2, 0) is 16.4 Å². The molecule has 9 nitrogen and oxygen atoms in total. The van der Waals surface area contributed by atoms with Crippen LogP contribution in [0.2, 0.25) is 0 Å². The Morgan fingerprint density at radius 2 is 1.53 bits per heavy atom. The molecule has 0 unspecified atom stereocenters. The van der Waals surface area contributed by atoms with Crippen LogP contribution in [-0.4, -0.2) is 53.8 Å². The van der Waals surface area contributed by atoms with Gasteiger partial charge in [-0.05, 0) is 38.5 Å². The molecule has 1 saturated heterocycles. The molecule has 0 aliphatic carbocycles. The van der Waals surface area contributed by atoms with E-state index >= 15 is 0 Å². The number of rotatable bonds is 6. The standard InChI is InChI=1S/C24H27N5O4S/c1-17-4-6-20(7-5-17)16-23-18(2)25-19(3)26-24(23)27-12-14-28(15-13-27)34(32,33)22-10-8-21(9-11-22)29(30)31/h4-11H,12-16H2,1-3H3. The van der Waals surface area contributed by atoms with Crippen molar-refractivity contribution in [2.24, 2.45) is 0 Å². The van der Waals surface area contributed by atoms with Gasteiger partial charge in [-0.3, -0.25) is 10.1 Å². The van der Waals surface area contributed by atoms with Crippen LogP contribution in [0.25, 0.3) is 0 Å². The number of hydrogen-bond acceptors (Lipinski definition) is 7. The number of nitro groups is 1. The first-order chi connectivity index (χ1) is 16.1. The molecule has 0 N–H and O–H groups in total. The molecule has 1 fully saturated rings. The molecule has 10 heteroatoms. The van der Waals surface area contributed by atoms with Gasteiger partial charge in [-0.1, -0.05) is 29.8 Å². The predicted molar refractivity (Wildman–Crippen MR) is 130 cm³/mol. The van der Waals surface area contributed by atoms with Crippen molar-refractivity contribution >= 4 is 21.5 Å². The number of aromatic nitrogens is 2. The molecular formula is C24H27N5O4S. The Bertz CT molecular complexity index is 1300. The van der Waals surface area contributed by atoms with E-state index in [0.717, 1.165) is 17.1 Å². The number of non-ortho nitro benzene ring substituents is 1. The molecule has 3 aromatic rings. The zero-order valence-corrected chi connectivity index (χ0v) is 20.2. The summed E-state index contributed by atoms with van der Waals surface area (Å²) in [5.41, 5.74) is 4.19. The van der Waals surface area contributed by atoms with E-state index in [2.05, 4.69) is 41.1 Å². The average Bonchev–Trinajstić information content (AvgIpc) is 2.82. The number of piperazine rings is 1. The van der Waals surface area contributed by atoms with E-state index in [4.69, 9.17) is 4.98 Å². The third-order valence-corrected chi connectivity index (χ3v) is 7.94. The monoisotopic (exact) mass is 481 g/mol. The van der Waals surface area contributed by atoms with Gasteiger partial charge in [0.15, 0.2) is 0 Å². The lowest BCUT2D eigenvalue weighted by Gasteiger charge is -2.35. The minimum atomic E-state index is -3.74. The molecule has 2 heterocycles. The number of anilines is 1. The normalized spacial score (nSPS) is 14.9. The third-order valence-electron chi connectivity index (χ3n) is 6.03. The summed E-state index contributed by atoms with van der Waals surface area (Å²) in [5, 5.41) is 10.9. The molecule has 1 aromatic heterocycles. The molecule has 34 heavy (non-hydrogen) atoms. The maximum absolute atomic E-state index is 13.1. The van der Waals surface area contributed by atoms with Crippen LogP contribution in [0.15, 0.2) is 53.4 Å². The summed E-state index contributed by atoms with van der Waals surface area (Å²) >= 11 is 0. The van der Waals surface area contributed by atoms with Crippen molar-refractivity contribution in [3.8, 4) is 0 Å². The number of nitro benzene ring substituents is 1. The van der Waals surface area contributed by atoms with Gasteiger partial charge in [0.25, 0.3) is 5.69 Å². The Labute approximate surface area is 199 Å². The zero-order chi connectivity index (χ0) is 24.5. The van der Waals surface area contributed by atoms with Gasteiger partial charge < -0.3 is 4.90 Å². The van der Waals surface area contributed by atoms with E-state index in [-0.39, 0.29) is 10.6 Å². The molecule has 0 amide bonds. The average molecular weight is 482 g/mol. The smallest absolute Gasteiger partial charge is 0.269 e. The van der Waals surface area contributed by atoms with Crippen molar-refractivity contribution < 1.29 is 13.3 Å². The van der Waals surface area contributed by atoms with Crippen molar-refractivity contribution in [1.29, 1.82) is 0 Å². The minimum absolute atomic E-state index is 0.0559. The number of sulfonamides is 1. The Hall–Kier alpha value is -3.37. The first-order valence-corrected chi connectivity index (χ1v) is 12.5. The van der Waals surface area contributed by atoms with Crippen LogP contribution < -0.4 is 4.90 Å². The van der Waals surface area contributed by atoms with Crippen LogP contribution in [0.3, 0.4) is 0 Å². The second-order valence-corrected chi connectivity index (χ2v) is 10.4. The topological polar surface area (TPSA) is 110 Å². The maximum atomic E-state index is 13.1. The Balaban J connectivity index is 1.53. The van der Waals surface area contributed by atoms with E-state index in [9.17, 15) is 18.5 Å². The highest BCUT2D eigenvalue weighted by Gasteiger charge is 2.30. The molecule has 178 valence electrons. The molecule has 0 atom stereocenters. The van der Waals surface area contributed by atoms with Gasteiger partial charge in [0.1, 0.15) is 11.6 Å². The SMILES string of the molecule is Cc1ccc(Cc2c(C)nc(C)nc2N2CCN(S(=O)(=O)c3ccc([N+](=O)[O-])cc3)CC2)cc1. The van der Waals surface area contributed by atoms with Crippen LogP contribution in [0.5, 0.6) is 0 Å². The molecule has 0 saturated carbocycles. The number of benzene rings is 2. The number of nitrogens with zero attached hydrogens (tertiary/aromatic N) is 5. The molecule has 0 radical (unpaired) electrons. The first kappa shape index (κ1) is 23.8. The van der Waals surface area contributed by atoms with Crippen LogP contribution in [0, 0.1) is 30.9 Å². The lowest BCUT2D eigenvalue weighted by atomic mass is 10.0. The van der Waals surface area contributed by atoms with Gasteiger partial charge in [0, 0.05) is 56.0 Å². The van der Waals surface area contributed by atoms with Gasteiger partial charge in [0.2, 0.25) is 10.0 Å². The fourth-order valence-corrected chi connectivity index (χ4v) is 5.55. The summed E-state index contributed by atoms with van der Waals surface area (Å²) < 4.78 is 27.6. The summed E-state index contributed by atoms with van der Waals surface area (Å²) in [6.07, 6.45) is 0.697. The van der Waals surface area contributed by atoms with Crippen molar-refractivity contribution in [2.45, 2.75) is 32.1 Å². The fourth-order valence-electron chi connectivity index (χ4n) is 4.13. The quantitative estimate of drug-likeness (QED) is 0.392. The Kier molecular flexibility index (Phi) is 6.63. The van der Waals surface area contributed by atoms with Crippen molar-refractivity contribution in [3.63, 3.8) is 0 Å². The van der Waals surface area contributed by atoms with Crippen LogP contribution in [0.4, 0.5) is 11.5 Å². The molecule has 2 aromatic carbocycles. The van der Waals surface area contributed by atoms with Crippen LogP contribution >= 0.6 is 0 Å². The summed E-state index contributed by atoms with van der Waals surface area (Å²) in [6.45, 7) is 7.47. The highest BCUT2D eigenvalue weighted by molar-refractivity contribution is 7.89. The minimum Gasteiger partial charge on any atom is -0.354 e. The van der Waals surface area contributed by atoms with Gasteiger partial charge in [-0.2, -0.15) is 4.31 Å². The summed E-state index contributed by atoms with van der Waals surface area (Å²) in [6, 6.07) is 13.4. The predicted octanol–water partition coefficient (Wildman–Crippen LogP) is 3.41. The highest BCUT2D eigenvalue weighted by Crippen LogP contribution is 2.27. The van der Waals surface area contributed by atoms with E-state index in [1.54, 1.807) is 0 Å². The van der Waals surface area contributed by atoms with E-state index in [1.165, 1.54) is 39.7 Å². The molecule has 4 rings (SSSR count). The molecular weight excluding hydrogens is 454 g/mol. The molecule has 1 aliphatic heterocycles. The highest BCUT2D eigenvalue weighted by atomic mass is 32.2. The van der Waals surface area contributed by atoms with Crippen LogP contribution in [0.1, 0.15) is 28.2 Å². The van der Waals surface area contributed by atoms with E-state index in [0.29, 0.717) is 38.4 Å². The zero-order valence-electron chi connectivity index (χ0n) is 19.4. The molecule has 1 aliphatic rings. The summed E-state index contributed by atoms with van der Waals surface area (Å²) in [5.74, 6) is 1.53. The molecule has 0 spiro atoms. The Morgan fingerprint density at radius 1 is 0.912 bits per heavy atom. The number of hydrogen-bond donors (Lipinski definition) is 0. The largest absolute Gasteiger partial charge is 0.354 e. The lowest BCUT2D eigenvalue weighted by molar-refractivity contribution is -0.384. The van der Waals surface area contributed by atoms with Gasteiger partial charge in [0.05, 0.1) is 9.82 Å². The fraction of sp³-hybridized carbons (Fsp3) is 0.333. The summed E-state index contributed by atoms with van der Waals surface area (Å²) in [4.78, 5) is 21.8. The first-order valence-electron chi connectivity index (χ1n) is 11.0. The second-order valence-electron chi connectivity index (χ2n) is 8.46. The second kappa shape index (κ2) is 9.47. The molecule has 0 bridgehead atoms. The van der Waals surface area contributed by atoms with Crippen molar-refractivity contribution in [3.05, 3.63) is 86.9 Å². The Morgan fingerprint density at radius 3 is 2.12 bits per heavy atom. The summed E-state index contributed by atoms with van der Waals surface area (Å²) in [7, 11) is -3.74. The lowest BCUT2D eigenvalue weighted by Crippen LogP contribution is -2.49. The van der Waals surface area contributed by atoms with E-state index in [1.807, 2.05) is 13.8 Å². The van der Waals surface area contributed by atoms with Crippen molar-refractivity contribution in [1.82, 2.24) is 14.3 Å². The van der Waals surface area contributed by atoms with Gasteiger partial charge >= 0.3 is 0 Å².